The SMILES string of the molecule is CCOC(=O)c1nn(-c2ccccc2Cl)c(-c2ccc(S(N)(=O)=O)cc2)c1C. The number of nitrogens with two attached hydrogens (primary N) is 1. The summed E-state index contributed by atoms with van der Waals surface area (Å²) in [6.07, 6.45) is 0. The molecule has 0 amide bonds. The van der Waals surface area contributed by atoms with Gasteiger partial charge in [0.15, 0.2) is 5.69 Å². The van der Waals surface area contributed by atoms with Gasteiger partial charge in [-0.2, -0.15) is 5.10 Å². The molecule has 28 heavy (non-hydrogen) atoms. The summed E-state index contributed by atoms with van der Waals surface area (Å²) in [6.45, 7) is 3.68. The van der Waals surface area contributed by atoms with Crippen molar-refractivity contribution >= 4 is 27.6 Å². The third kappa shape index (κ3) is 3.80. The first-order valence-electron chi connectivity index (χ1n) is 8.39. The molecule has 0 saturated carbocycles. The first-order chi connectivity index (χ1) is 13.2. The molecule has 0 aliphatic carbocycles. The largest absolute Gasteiger partial charge is 0.461 e. The second-order valence-corrected chi connectivity index (χ2v) is 7.94. The van der Waals surface area contributed by atoms with Gasteiger partial charge in [-0.25, -0.2) is 23.0 Å². The molecule has 0 atom stereocenters. The fourth-order valence-corrected chi connectivity index (χ4v) is 3.56. The van der Waals surface area contributed by atoms with Crippen molar-refractivity contribution < 1.29 is 17.9 Å². The van der Waals surface area contributed by atoms with Crippen molar-refractivity contribution in [3.05, 3.63) is 64.8 Å². The van der Waals surface area contributed by atoms with Crippen molar-refractivity contribution in [2.75, 3.05) is 6.61 Å². The van der Waals surface area contributed by atoms with Gasteiger partial charge in [0.2, 0.25) is 10.0 Å². The number of para-hydroxylation sites is 1. The highest BCUT2D eigenvalue weighted by Crippen LogP contribution is 2.32. The number of carbonyl (C=O) groups is 1. The Balaban J connectivity index is 2.24. The molecule has 2 N–H and O–H groups in total. The van der Waals surface area contributed by atoms with Gasteiger partial charge in [-0.1, -0.05) is 35.9 Å². The van der Waals surface area contributed by atoms with Gasteiger partial charge >= 0.3 is 5.97 Å². The third-order valence-corrected chi connectivity index (χ3v) is 5.38. The molecule has 0 aliphatic heterocycles. The molecule has 1 heterocycles. The maximum Gasteiger partial charge on any atom is 0.359 e. The number of sulfonamides is 1. The van der Waals surface area contributed by atoms with Gasteiger partial charge in [0, 0.05) is 11.1 Å². The van der Waals surface area contributed by atoms with E-state index in [1.54, 1.807) is 54.9 Å². The molecule has 0 unspecified atom stereocenters. The van der Waals surface area contributed by atoms with Gasteiger partial charge < -0.3 is 4.74 Å². The molecular weight excluding hydrogens is 402 g/mol. The van der Waals surface area contributed by atoms with Gasteiger partial charge in [0.1, 0.15) is 0 Å². The minimum atomic E-state index is -3.81. The van der Waals surface area contributed by atoms with Crippen LogP contribution in [0, 0.1) is 6.92 Å². The molecule has 3 aromatic rings. The van der Waals surface area contributed by atoms with Crippen molar-refractivity contribution in [3.8, 4) is 16.9 Å². The van der Waals surface area contributed by atoms with E-state index in [-0.39, 0.29) is 17.2 Å². The van der Waals surface area contributed by atoms with Gasteiger partial charge in [0.25, 0.3) is 0 Å². The molecule has 9 heteroatoms. The van der Waals surface area contributed by atoms with Gasteiger partial charge in [-0.3, -0.25) is 0 Å². The predicted molar refractivity (Wildman–Crippen MR) is 106 cm³/mol. The lowest BCUT2D eigenvalue weighted by atomic mass is 10.1. The highest BCUT2D eigenvalue weighted by molar-refractivity contribution is 7.89. The number of primary sulfonamides is 1. The quantitative estimate of drug-likeness (QED) is 0.638. The van der Waals surface area contributed by atoms with Gasteiger partial charge in [0.05, 0.1) is 27.9 Å². The summed E-state index contributed by atoms with van der Waals surface area (Å²) in [6, 6.07) is 13.1. The molecule has 3 rings (SSSR count). The van der Waals surface area contributed by atoms with Crippen LogP contribution in [0.3, 0.4) is 0 Å². The Bertz CT molecular complexity index is 1140. The molecule has 0 aliphatic rings. The molecule has 146 valence electrons. The molecule has 0 bridgehead atoms. The lowest BCUT2D eigenvalue weighted by molar-refractivity contribution is 0.0518. The molecule has 0 saturated heterocycles. The maximum absolute atomic E-state index is 12.3. The molecule has 2 aromatic carbocycles. The lowest BCUT2D eigenvalue weighted by Crippen LogP contribution is -2.11. The molecule has 0 spiro atoms. The van der Waals surface area contributed by atoms with Crippen LogP contribution in [0.5, 0.6) is 0 Å². The van der Waals surface area contributed by atoms with E-state index in [4.69, 9.17) is 21.5 Å². The topological polar surface area (TPSA) is 104 Å². The number of hydrogen-bond donors (Lipinski definition) is 1. The number of ether oxygens (including phenoxy) is 1. The van der Waals surface area contributed by atoms with Crippen molar-refractivity contribution in [1.29, 1.82) is 0 Å². The number of nitrogens with zero attached hydrogens (tertiary/aromatic N) is 2. The van der Waals surface area contributed by atoms with Crippen molar-refractivity contribution in [2.24, 2.45) is 5.14 Å². The number of benzene rings is 2. The number of aromatic nitrogens is 2. The number of halogens is 1. The number of hydrogen-bond acceptors (Lipinski definition) is 5. The summed E-state index contributed by atoms with van der Waals surface area (Å²) in [5, 5.41) is 10.0. The summed E-state index contributed by atoms with van der Waals surface area (Å²) in [7, 11) is -3.81. The normalized spacial score (nSPS) is 11.4. The number of esters is 1. The highest BCUT2D eigenvalue weighted by Gasteiger charge is 2.24. The highest BCUT2D eigenvalue weighted by atomic mass is 35.5. The van der Waals surface area contributed by atoms with Crippen molar-refractivity contribution in [3.63, 3.8) is 0 Å². The summed E-state index contributed by atoms with van der Waals surface area (Å²) in [4.78, 5) is 12.3. The Labute approximate surface area is 167 Å². The van der Waals surface area contributed by atoms with Crippen molar-refractivity contribution in [1.82, 2.24) is 9.78 Å². The number of rotatable bonds is 5. The zero-order chi connectivity index (χ0) is 20.5. The second kappa shape index (κ2) is 7.75. The van der Waals surface area contributed by atoms with Crippen LogP contribution < -0.4 is 5.14 Å². The van der Waals surface area contributed by atoms with Crippen LogP contribution in [0.2, 0.25) is 5.02 Å². The Kier molecular flexibility index (Phi) is 5.55. The fourth-order valence-electron chi connectivity index (χ4n) is 2.83. The third-order valence-electron chi connectivity index (χ3n) is 4.13. The summed E-state index contributed by atoms with van der Waals surface area (Å²) < 4.78 is 29.7. The van der Waals surface area contributed by atoms with E-state index in [1.807, 2.05) is 0 Å². The maximum atomic E-state index is 12.3. The smallest absolute Gasteiger partial charge is 0.359 e. The molecular formula is C19H18ClN3O4S. The zero-order valence-electron chi connectivity index (χ0n) is 15.2. The Morgan fingerprint density at radius 3 is 2.39 bits per heavy atom. The van der Waals surface area contributed by atoms with E-state index in [1.165, 1.54) is 12.1 Å². The van der Waals surface area contributed by atoms with Crippen LogP contribution in [-0.2, 0) is 14.8 Å². The average Bonchev–Trinajstić information content (AvgIpc) is 2.99. The standard InChI is InChI=1S/C19H18ClN3O4S/c1-3-27-19(24)17-12(2)18(13-8-10-14(11-9-13)28(21,25)26)23(22-17)16-7-5-4-6-15(16)20/h4-11H,3H2,1-2H3,(H2,21,25,26). The minimum absolute atomic E-state index is 0.0108. The molecule has 0 fully saturated rings. The summed E-state index contributed by atoms with van der Waals surface area (Å²) >= 11 is 6.33. The zero-order valence-corrected chi connectivity index (χ0v) is 16.8. The van der Waals surface area contributed by atoms with E-state index in [9.17, 15) is 13.2 Å². The van der Waals surface area contributed by atoms with Crippen molar-refractivity contribution in [2.45, 2.75) is 18.7 Å². The fraction of sp³-hybridized carbons (Fsp3) is 0.158. The minimum Gasteiger partial charge on any atom is -0.461 e. The number of carbonyl (C=O) groups excluding carboxylic acids is 1. The predicted octanol–water partition coefficient (Wildman–Crippen LogP) is 3.33. The second-order valence-electron chi connectivity index (χ2n) is 5.98. The van der Waals surface area contributed by atoms with Gasteiger partial charge in [-0.05, 0) is 38.1 Å². The first kappa shape index (κ1) is 20.1. The Hall–Kier alpha value is -2.68. The summed E-state index contributed by atoms with van der Waals surface area (Å²) in [5.74, 6) is -0.548. The van der Waals surface area contributed by atoms with Crippen LogP contribution >= 0.6 is 11.6 Å². The average molecular weight is 420 g/mol. The first-order valence-corrected chi connectivity index (χ1v) is 10.3. The Morgan fingerprint density at radius 1 is 1.18 bits per heavy atom. The molecule has 1 aromatic heterocycles. The molecule has 7 nitrogen and oxygen atoms in total. The van der Waals surface area contributed by atoms with Gasteiger partial charge in [-0.15, -0.1) is 0 Å². The van der Waals surface area contributed by atoms with E-state index in [2.05, 4.69) is 5.10 Å². The van der Waals surface area contributed by atoms with Crippen LogP contribution in [-0.4, -0.2) is 30.8 Å². The van der Waals surface area contributed by atoms with E-state index in [0.717, 1.165) is 0 Å². The van der Waals surface area contributed by atoms with Crippen LogP contribution in [0.4, 0.5) is 0 Å². The Morgan fingerprint density at radius 2 is 1.82 bits per heavy atom. The summed E-state index contributed by atoms with van der Waals surface area (Å²) in [5.41, 5.74) is 2.56. The van der Waals surface area contributed by atoms with E-state index in [0.29, 0.717) is 27.5 Å². The van der Waals surface area contributed by atoms with E-state index < -0.39 is 16.0 Å². The van der Waals surface area contributed by atoms with Crippen LogP contribution in [0.25, 0.3) is 16.9 Å². The monoisotopic (exact) mass is 419 g/mol. The molecule has 0 radical (unpaired) electrons. The van der Waals surface area contributed by atoms with Crippen LogP contribution in [0.1, 0.15) is 23.0 Å². The lowest BCUT2D eigenvalue weighted by Gasteiger charge is -2.10. The van der Waals surface area contributed by atoms with Crippen LogP contribution in [0.15, 0.2) is 53.4 Å². The van der Waals surface area contributed by atoms with E-state index >= 15 is 0 Å².